The van der Waals surface area contributed by atoms with E-state index in [1.807, 2.05) is 0 Å². The van der Waals surface area contributed by atoms with Gasteiger partial charge in [0.15, 0.2) is 0 Å². The van der Waals surface area contributed by atoms with E-state index < -0.39 is 0 Å². The monoisotopic (exact) mass is 251 g/mol. The number of aromatic nitrogens is 2. The van der Waals surface area contributed by atoms with Crippen LogP contribution in [0.1, 0.15) is 19.3 Å². The topological polar surface area (TPSA) is 76.3 Å². The Balaban J connectivity index is 1.80. The Hall–Kier alpha value is -1.56. The number of nitrogens with one attached hydrogen (secondary N) is 1. The van der Waals surface area contributed by atoms with Gasteiger partial charge in [0.25, 0.3) is 0 Å². The first-order valence-electron chi connectivity index (χ1n) is 6.43. The molecular formula is C12H21N5O. The molecule has 0 spiro atoms. The number of nitrogens with zero attached hydrogens (tertiary/aromatic N) is 3. The SMILES string of the molecule is COc1cc(NCCN2CCCCC2)nc(N)n1. The molecule has 1 aromatic rings. The summed E-state index contributed by atoms with van der Waals surface area (Å²) in [5, 5.41) is 3.25. The maximum atomic E-state index is 5.60. The number of hydrogen-bond acceptors (Lipinski definition) is 6. The average molecular weight is 251 g/mol. The second-order valence-electron chi connectivity index (χ2n) is 4.48. The van der Waals surface area contributed by atoms with E-state index in [-0.39, 0.29) is 5.95 Å². The van der Waals surface area contributed by atoms with Gasteiger partial charge >= 0.3 is 0 Å². The van der Waals surface area contributed by atoms with Crippen molar-refractivity contribution in [3.63, 3.8) is 0 Å². The van der Waals surface area contributed by atoms with Crippen LogP contribution in [0, 0.1) is 0 Å². The number of methoxy groups -OCH3 is 1. The number of rotatable bonds is 5. The van der Waals surface area contributed by atoms with Crippen LogP contribution in [0.4, 0.5) is 11.8 Å². The Morgan fingerprint density at radius 2 is 2.11 bits per heavy atom. The fourth-order valence-corrected chi connectivity index (χ4v) is 2.16. The predicted molar refractivity (Wildman–Crippen MR) is 71.8 cm³/mol. The van der Waals surface area contributed by atoms with Crippen molar-refractivity contribution < 1.29 is 4.74 Å². The van der Waals surface area contributed by atoms with Crippen molar-refractivity contribution in [3.05, 3.63) is 6.07 Å². The molecule has 0 saturated carbocycles. The number of anilines is 2. The van der Waals surface area contributed by atoms with Crippen molar-refractivity contribution in [3.8, 4) is 5.88 Å². The zero-order valence-electron chi connectivity index (χ0n) is 10.9. The highest BCUT2D eigenvalue weighted by Gasteiger charge is 2.09. The van der Waals surface area contributed by atoms with Crippen LogP contribution in [0.25, 0.3) is 0 Å². The Kier molecular flexibility index (Phi) is 4.58. The first-order chi connectivity index (χ1) is 8.78. The van der Waals surface area contributed by atoms with E-state index in [1.54, 1.807) is 13.2 Å². The van der Waals surface area contributed by atoms with Gasteiger partial charge in [-0.15, -0.1) is 0 Å². The summed E-state index contributed by atoms with van der Waals surface area (Å²) in [6, 6.07) is 1.76. The van der Waals surface area contributed by atoms with E-state index >= 15 is 0 Å². The lowest BCUT2D eigenvalue weighted by molar-refractivity contribution is 0.237. The lowest BCUT2D eigenvalue weighted by Crippen LogP contribution is -2.33. The van der Waals surface area contributed by atoms with Crippen LogP contribution in [-0.2, 0) is 0 Å². The molecule has 0 bridgehead atoms. The highest BCUT2D eigenvalue weighted by atomic mass is 16.5. The number of nitrogen functional groups attached to an aromatic ring is 1. The zero-order valence-corrected chi connectivity index (χ0v) is 10.9. The molecule has 1 aliphatic heterocycles. The van der Waals surface area contributed by atoms with E-state index in [1.165, 1.54) is 32.4 Å². The quantitative estimate of drug-likeness (QED) is 0.812. The smallest absolute Gasteiger partial charge is 0.225 e. The van der Waals surface area contributed by atoms with Crippen LogP contribution in [-0.4, -0.2) is 48.2 Å². The van der Waals surface area contributed by atoms with Crippen LogP contribution >= 0.6 is 0 Å². The number of piperidine rings is 1. The second kappa shape index (κ2) is 6.39. The van der Waals surface area contributed by atoms with Gasteiger partial charge < -0.3 is 20.7 Å². The number of likely N-dealkylation sites (tertiary alicyclic amines) is 1. The predicted octanol–water partition coefficient (Wildman–Crippen LogP) is 0.965. The fourth-order valence-electron chi connectivity index (χ4n) is 2.16. The van der Waals surface area contributed by atoms with Gasteiger partial charge in [-0.3, -0.25) is 0 Å². The van der Waals surface area contributed by atoms with E-state index in [4.69, 9.17) is 10.5 Å². The van der Waals surface area contributed by atoms with Crippen LogP contribution in [0.5, 0.6) is 5.88 Å². The fraction of sp³-hybridized carbons (Fsp3) is 0.667. The molecule has 18 heavy (non-hydrogen) atoms. The minimum absolute atomic E-state index is 0.231. The van der Waals surface area contributed by atoms with Gasteiger partial charge in [0, 0.05) is 19.2 Å². The molecule has 2 heterocycles. The Bertz CT molecular complexity index is 379. The Morgan fingerprint density at radius 3 is 2.83 bits per heavy atom. The molecule has 6 nitrogen and oxygen atoms in total. The van der Waals surface area contributed by atoms with Crippen LogP contribution < -0.4 is 15.8 Å². The van der Waals surface area contributed by atoms with E-state index in [2.05, 4.69) is 20.2 Å². The summed E-state index contributed by atoms with van der Waals surface area (Å²) in [5.41, 5.74) is 5.60. The molecule has 1 aromatic heterocycles. The maximum Gasteiger partial charge on any atom is 0.225 e. The summed E-state index contributed by atoms with van der Waals surface area (Å²) in [5.74, 6) is 1.44. The maximum absolute atomic E-state index is 5.60. The first-order valence-corrected chi connectivity index (χ1v) is 6.43. The van der Waals surface area contributed by atoms with Gasteiger partial charge in [0.2, 0.25) is 11.8 Å². The van der Waals surface area contributed by atoms with Gasteiger partial charge in [0.05, 0.1) is 7.11 Å². The van der Waals surface area contributed by atoms with Crippen LogP contribution in [0.2, 0.25) is 0 Å². The summed E-state index contributed by atoms with van der Waals surface area (Å²) in [7, 11) is 1.57. The molecule has 100 valence electrons. The third kappa shape index (κ3) is 3.73. The van der Waals surface area contributed by atoms with E-state index in [0.717, 1.165) is 18.9 Å². The van der Waals surface area contributed by atoms with Crippen LogP contribution in [0.15, 0.2) is 6.07 Å². The zero-order chi connectivity index (χ0) is 12.8. The summed E-state index contributed by atoms with van der Waals surface area (Å²) in [6.45, 7) is 4.31. The van der Waals surface area contributed by atoms with E-state index in [9.17, 15) is 0 Å². The number of hydrogen-bond donors (Lipinski definition) is 2. The van der Waals surface area contributed by atoms with Crippen LogP contribution in [0.3, 0.4) is 0 Å². The molecule has 2 rings (SSSR count). The van der Waals surface area contributed by atoms with Gasteiger partial charge in [-0.25, -0.2) is 0 Å². The van der Waals surface area contributed by atoms with Crippen molar-refractivity contribution in [1.29, 1.82) is 0 Å². The van der Waals surface area contributed by atoms with Crippen molar-refractivity contribution in [1.82, 2.24) is 14.9 Å². The third-order valence-corrected chi connectivity index (χ3v) is 3.11. The molecule has 0 aromatic carbocycles. The minimum Gasteiger partial charge on any atom is -0.481 e. The molecule has 3 N–H and O–H groups in total. The van der Waals surface area contributed by atoms with E-state index in [0.29, 0.717) is 5.88 Å². The molecule has 1 aliphatic rings. The Labute approximate surface area is 108 Å². The Morgan fingerprint density at radius 1 is 1.33 bits per heavy atom. The molecule has 6 heteroatoms. The molecule has 0 radical (unpaired) electrons. The highest BCUT2D eigenvalue weighted by Crippen LogP contribution is 2.14. The molecule has 0 atom stereocenters. The summed E-state index contributed by atoms with van der Waals surface area (Å²) >= 11 is 0. The lowest BCUT2D eigenvalue weighted by Gasteiger charge is -2.26. The molecule has 1 fully saturated rings. The number of ether oxygens (including phenoxy) is 1. The molecule has 0 unspecified atom stereocenters. The van der Waals surface area contributed by atoms with Crippen molar-refractivity contribution in [2.45, 2.75) is 19.3 Å². The summed E-state index contributed by atoms with van der Waals surface area (Å²) in [6.07, 6.45) is 3.99. The summed E-state index contributed by atoms with van der Waals surface area (Å²) < 4.78 is 5.05. The van der Waals surface area contributed by atoms with Crippen molar-refractivity contribution in [2.24, 2.45) is 0 Å². The highest BCUT2D eigenvalue weighted by molar-refractivity contribution is 5.42. The molecule has 1 saturated heterocycles. The normalized spacial score (nSPS) is 16.5. The van der Waals surface area contributed by atoms with Gasteiger partial charge in [-0.1, -0.05) is 6.42 Å². The largest absolute Gasteiger partial charge is 0.481 e. The third-order valence-electron chi connectivity index (χ3n) is 3.11. The summed E-state index contributed by atoms with van der Waals surface area (Å²) in [4.78, 5) is 10.5. The number of nitrogens with two attached hydrogens (primary N) is 1. The molecule has 0 amide bonds. The lowest BCUT2D eigenvalue weighted by atomic mass is 10.1. The minimum atomic E-state index is 0.231. The standard InChI is InChI=1S/C12H21N5O/c1-18-11-9-10(15-12(13)16-11)14-5-8-17-6-3-2-4-7-17/h9H,2-8H2,1H3,(H3,13,14,15,16). The molecule has 0 aliphatic carbocycles. The van der Waals surface area contributed by atoms with Gasteiger partial charge in [-0.05, 0) is 25.9 Å². The van der Waals surface area contributed by atoms with Crippen molar-refractivity contribution in [2.75, 3.05) is 44.3 Å². The second-order valence-corrected chi connectivity index (χ2v) is 4.48. The van der Waals surface area contributed by atoms with Gasteiger partial charge in [0.1, 0.15) is 5.82 Å². The van der Waals surface area contributed by atoms with Crippen molar-refractivity contribution >= 4 is 11.8 Å². The van der Waals surface area contributed by atoms with Gasteiger partial charge in [-0.2, -0.15) is 9.97 Å². The average Bonchev–Trinajstić information content (AvgIpc) is 2.39. The molecular weight excluding hydrogens is 230 g/mol. The first kappa shape index (κ1) is 12.9.